The first-order valence-electron chi connectivity index (χ1n) is 4.56. The standard InChI is InChI=1S/C8H16N4O2/c1-5-2-12(3-6(5)9)4-7(13)11-8(10)14/h5-6H,2-4,9H2,1H3,(H3,10,11,13,14). The second kappa shape index (κ2) is 4.39. The van der Waals surface area contributed by atoms with Crippen LogP contribution in [0.4, 0.5) is 4.79 Å². The van der Waals surface area contributed by atoms with Crippen molar-refractivity contribution in [3.63, 3.8) is 0 Å². The van der Waals surface area contributed by atoms with Crippen LogP contribution in [-0.2, 0) is 4.79 Å². The van der Waals surface area contributed by atoms with Crippen molar-refractivity contribution in [2.45, 2.75) is 13.0 Å². The summed E-state index contributed by atoms with van der Waals surface area (Å²) in [7, 11) is 0. The molecule has 0 aromatic rings. The Bertz CT molecular complexity index is 233. The fourth-order valence-electron chi connectivity index (χ4n) is 1.60. The number of carbonyl (C=O) groups excluding carboxylic acids is 2. The highest BCUT2D eigenvalue weighted by Gasteiger charge is 2.27. The largest absolute Gasteiger partial charge is 0.351 e. The summed E-state index contributed by atoms with van der Waals surface area (Å²) in [5, 5.41) is 2.02. The van der Waals surface area contributed by atoms with Gasteiger partial charge < -0.3 is 11.5 Å². The van der Waals surface area contributed by atoms with Crippen LogP contribution in [0.1, 0.15) is 6.92 Å². The van der Waals surface area contributed by atoms with Gasteiger partial charge in [0.2, 0.25) is 5.91 Å². The molecule has 1 saturated heterocycles. The molecule has 1 aliphatic rings. The molecule has 0 aromatic carbocycles. The Morgan fingerprint density at radius 2 is 2.14 bits per heavy atom. The number of amides is 3. The second-order valence-electron chi connectivity index (χ2n) is 3.75. The highest BCUT2D eigenvalue weighted by Crippen LogP contribution is 2.13. The first-order valence-corrected chi connectivity index (χ1v) is 4.56. The van der Waals surface area contributed by atoms with Crippen molar-refractivity contribution in [2.24, 2.45) is 17.4 Å². The predicted molar refractivity (Wildman–Crippen MR) is 51.3 cm³/mol. The number of imide groups is 1. The van der Waals surface area contributed by atoms with Gasteiger partial charge in [-0.15, -0.1) is 0 Å². The van der Waals surface area contributed by atoms with Crippen LogP contribution in [0.2, 0.25) is 0 Å². The van der Waals surface area contributed by atoms with Gasteiger partial charge in [-0.3, -0.25) is 15.0 Å². The molecule has 6 nitrogen and oxygen atoms in total. The van der Waals surface area contributed by atoms with Crippen LogP contribution in [0.25, 0.3) is 0 Å². The van der Waals surface area contributed by atoms with Gasteiger partial charge in [-0.05, 0) is 5.92 Å². The first-order chi connectivity index (χ1) is 6.49. The lowest BCUT2D eigenvalue weighted by Gasteiger charge is -2.13. The maximum Gasteiger partial charge on any atom is 0.318 e. The normalized spacial score (nSPS) is 27.6. The van der Waals surface area contributed by atoms with E-state index < -0.39 is 6.03 Å². The van der Waals surface area contributed by atoms with Crippen molar-refractivity contribution in [2.75, 3.05) is 19.6 Å². The molecule has 0 aliphatic carbocycles. The maximum atomic E-state index is 11.1. The number of nitrogens with zero attached hydrogens (tertiary/aromatic N) is 1. The summed E-state index contributed by atoms with van der Waals surface area (Å²) in [6.07, 6.45) is 0. The van der Waals surface area contributed by atoms with E-state index in [1.165, 1.54) is 0 Å². The lowest BCUT2D eigenvalue weighted by atomic mass is 10.1. The van der Waals surface area contributed by atoms with Crippen LogP contribution >= 0.6 is 0 Å². The van der Waals surface area contributed by atoms with Crippen LogP contribution < -0.4 is 16.8 Å². The van der Waals surface area contributed by atoms with Crippen molar-refractivity contribution in [3.8, 4) is 0 Å². The van der Waals surface area contributed by atoms with Crippen molar-refractivity contribution in [1.29, 1.82) is 0 Å². The quantitative estimate of drug-likeness (QED) is 0.502. The summed E-state index contributed by atoms with van der Waals surface area (Å²) in [5.41, 5.74) is 10.6. The summed E-state index contributed by atoms with van der Waals surface area (Å²) >= 11 is 0. The van der Waals surface area contributed by atoms with E-state index in [1.807, 2.05) is 17.1 Å². The third kappa shape index (κ3) is 2.97. The number of nitrogens with two attached hydrogens (primary N) is 2. The van der Waals surface area contributed by atoms with Gasteiger partial charge in [0.1, 0.15) is 0 Å². The second-order valence-corrected chi connectivity index (χ2v) is 3.75. The molecule has 5 N–H and O–H groups in total. The third-order valence-electron chi connectivity index (χ3n) is 2.38. The van der Waals surface area contributed by atoms with Gasteiger partial charge >= 0.3 is 6.03 Å². The van der Waals surface area contributed by atoms with Crippen molar-refractivity contribution >= 4 is 11.9 Å². The fraction of sp³-hybridized carbons (Fsp3) is 0.750. The third-order valence-corrected chi connectivity index (χ3v) is 2.38. The van der Waals surface area contributed by atoms with Crippen LogP contribution in [0.15, 0.2) is 0 Å². The highest BCUT2D eigenvalue weighted by molar-refractivity contribution is 5.94. The molecule has 0 radical (unpaired) electrons. The average molecular weight is 200 g/mol. The molecule has 1 heterocycles. The molecule has 0 aromatic heterocycles. The van der Waals surface area contributed by atoms with Crippen LogP contribution in [-0.4, -0.2) is 42.5 Å². The molecule has 1 aliphatic heterocycles. The monoisotopic (exact) mass is 200 g/mol. The lowest BCUT2D eigenvalue weighted by Crippen LogP contribution is -2.42. The minimum Gasteiger partial charge on any atom is -0.351 e. The Morgan fingerprint density at radius 1 is 1.50 bits per heavy atom. The minimum absolute atomic E-state index is 0.108. The molecule has 3 amide bonds. The molecule has 14 heavy (non-hydrogen) atoms. The number of likely N-dealkylation sites (tertiary alicyclic amines) is 1. The molecule has 2 unspecified atom stereocenters. The van der Waals surface area contributed by atoms with Crippen molar-refractivity contribution in [3.05, 3.63) is 0 Å². The van der Waals surface area contributed by atoms with Gasteiger partial charge in [-0.25, -0.2) is 4.79 Å². The van der Waals surface area contributed by atoms with Crippen molar-refractivity contribution < 1.29 is 9.59 Å². The Balaban J connectivity index is 2.32. The first kappa shape index (κ1) is 10.9. The molecular weight excluding hydrogens is 184 g/mol. The van der Waals surface area contributed by atoms with Gasteiger partial charge in [0.15, 0.2) is 0 Å². The molecule has 0 saturated carbocycles. The zero-order chi connectivity index (χ0) is 10.7. The zero-order valence-corrected chi connectivity index (χ0v) is 8.19. The summed E-state index contributed by atoms with van der Waals surface area (Å²) in [6, 6.07) is -0.706. The predicted octanol–water partition coefficient (Wildman–Crippen LogP) is -1.54. The summed E-state index contributed by atoms with van der Waals surface area (Å²) in [4.78, 5) is 23.4. The Kier molecular flexibility index (Phi) is 3.43. The van der Waals surface area contributed by atoms with Crippen LogP contribution in [0.5, 0.6) is 0 Å². The van der Waals surface area contributed by atoms with Crippen molar-refractivity contribution in [1.82, 2.24) is 10.2 Å². The van der Waals surface area contributed by atoms with E-state index in [-0.39, 0.29) is 18.5 Å². The Morgan fingerprint density at radius 3 is 2.57 bits per heavy atom. The molecule has 80 valence electrons. The lowest BCUT2D eigenvalue weighted by molar-refractivity contribution is -0.120. The van der Waals surface area contributed by atoms with E-state index in [0.717, 1.165) is 6.54 Å². The number of hydrogen-bond donors (Lipinski definition) is 3. The summed E-state index contributed by atoms with van der Waals surface area (Å²) in [5.74, 6) is 0.00942. The SMILES string of the molecule is CC1CN(CC(=O)NC(N)=O)CC1N. The maximum absolute atomic E-state index is 11.1. The van der Waals surface area contributed by atoms with Gasteiger partial charge in [0.05, 0.1) is 6.54 Å². The van der Waals surface area contributed by atoms with Gasteiger partial charge in [0, 0.05) is 19.1 Å². The van der Waals surface area contributed by atoms with E-state index in [0.29, 0.717) is 12.5 Å². The topological polar surface area (TPSA) is 101 Å². The van der Waals surface area contributed by atoms with Gasteiger partial charge in [0.25, 0.3) is 0 Å². The molecule has 0 spiro atoms. The van der Waals surface area contributed by atoms with E-state index in [2.05, 4.69) is 0 Å². The van der Waals surface area contributed by atoms with Crippen LogP contribution in [0.3, 0.4) is 0 Å². The number of urea groups is 1. The fourth-order valence-corrected chi connectivity index (χ4v) is 1.60. The zero-order valence-electron chi connectivity index (χ0n) is 8.19. The van der Waals surface area contributed by atoms with E-state index in [4.69, 9.17) is 11.5 Å². The smallest absolute Gasteiger partial charge is 0.318 e. The number of rotatable bonds is 2. The molecule has 0 bridgehead atoms. The minimum atomic E-state index is -0.813. The number of nitrogens with one attached hydrogen (secondary N) is 1. The summed E-state index contributed by atoms with van der Waals surface area (Å²) in [6.45, 7) is 3.69. The van der Waals surface area contributed by atoms with Gasteiger partial charge in [-0.1, -0.05) is 6.92 Å². The molecule has 6 heteroatoms. The molecule has 1 rings (SSSR count). The average Bonchev–Trinajstić information content (AvgIpc) is 2.28. The summed E-state index contributed by atoms with van der Waals surface area (Å²) < 4.78 is 0. The van der Waals surface area contributed by atoms with E-state index >= 15 is 0 Å². The van der Waals surface area contributed by atoms with E-state index in [1.54, 1.807) is 0 Å². The number of carbonyl (C=O) groups is 2. The molecule has 1 fully saturated rings. The molecule has 2 atom stereocenters. The van der Waals surface area contributed by atoms with Gasteiger partial charge in [-0.2, -0.15) is 0 Å². The number of hydrogen-bond acceptors (Lipinski definition) is 4. The number of primary amides is 1. The molecular formula is C8H16N4O2. The highest BCUT2D eigenvalue weighted by atomic mass is 16.2. The van der Waals surface area contributed by atoms with E-state index in [9.17, 15) is 9.59 Å². The van der Waals surface area contributed by atoms with Crippen LogP contribution in [0, 0.1) is 5.92 Å². The Hall–Kier alpha value is -1.14. The Labute approximate surface area is 82.6 Å².